The summed E-state index contributed by atoms with van der Waals surface area (Å²) in [6.07, 6.45) is 8.21. The van der Waals surface area contributed by atoms with Gasteiger partial charge >= 0.3 is 5.97 Å². The number of fused-ring (bicyclic) bond motifs is 5. The molecule has 1 N–H and O–H groups in total. The van der Waals surface area contributed by atoms with Crippen LogP contribution in [0.15, 0.2) is 42.5 Å². The average Bonchev–Trinajstić information content (AvgIpc) is 3.15. The molecule has 0 saturated heterocycles. The summed E-state index contributed by atoms with van der Waals surface area (Å²) >= 11 is 0. The molecule has 2 bridgehead atoms. The molecule has 0 spiro atoms. The highest BCUT2D eigenvalue weighted by Gasteiger charge is 2.36. The van der Waals surface area contributed by atoms with Gasteiger partial charge in [0.05, 0.1) is 5.56 Å². The highest BCUT2D eigenvalue weighted by Crippen LogP contribution is 2.53. The third kappa shape index (κ3) is 2.25. The summed E-state index contributed by atoms with van der Waals surface area (Å²) in [5.74, 6) is 0.703. The van der Waals surface area contributed by atoms with Crippen molar-refractivity contribution in [2.75, 3.05) is 0 Å². The maximum Gasteiger partial charge on any atom is 0.335 e. The Morgan fingerprint density at radius 3 is 2.27 bits per heavy atom. The molecular weight excluding hydrogens is 272 g/mol. The van der Waals surface area contributed by atoms with Crippen LogP contribution in [0.2, 0.25) is 0 Å². The first-order valence-electron chi connectivity index (χ1n) is 7.86. The van der Waals surface area contributed by atoms with E-state index in [4.69, 9.17) is 5.11 Å². The van der Waals surface area contributed by atoms with Crippen molar-refractivity contribution in [2.45, 2.75) is 31.1 Å². The fourth-order valence-electron chi connectivity index (χ4n) is 3.90. The van der Waals surface area contributed by atoms with Crippen LogP contribution in [-0.4, -0.2) is 11.1 Å². The molecule has 2 unspecified atom stereocenters. The van der Waals surface area contributed by atoms with Crippen LogP contribution in [0, 0.1) is 0 Å². The fraction of sp³-hybridized carbons (Fsp3) is 0.250. The number of hydrogen-bond acceptors (Lipinski definition) is 1. The van der Waals surface area contributed by atoms with Crippen LogP contribution >= 0.6 is 0 Å². The molecule has 0 aliphatic heterocycles. The Morgan fingerprint density at radius 2 is 1.55 bits per heavy atom. The van der Waals surface area contributed by atoms with E-state index in [-0.39, 0.29) is 0 Å². The van der Waals surface area contributed by atoms with Crippen LogP contribution in [0.1, 0.15) is 63.7 Å². The number of rotatable bonds is 3. The second-order valence-corrected chi connectivity index (χ2v) is 6.36. The smallest absolute Gasteiger partial charge is 0.335 e. The predicted octanol–water partition coefficient (Wildman–Crippen LogP) is 4.92. The normalized spacial score (nSPS) is 22.2. The van der Waals surface area contributed by atoms with Crippen molar-refractivity contribution in [1.82, 2.24) is 0 Å². The lowest BCUT2D eigenvalue weighted by molar-refractivity contribution is 0.0697. The summed E-state index contributed by atoms with van der Waals surface area (Å²) in [5, 5.41) is 8.91. The molecule has 0 heterocycles. The Bertz CT molecular complexity index is 756. The van der Waals surface area contributed by atoms with Crippen LogP contribution in [0.3, 0.4) is 0 Å². The van der Waals surface area contributed by atoms with E-state index >= 15 is 0 Å². The minimum absolute atomic E-state index is 0.325. The maximum absolute atomic E-state index is 10.8. The van der Waals surface area contributed by atoms with Gasteiger partial charge in [-0.05, 0) is 65.5 Å². The lowest BCUT2D eigenvalue weighted by atomic mass is 9.90. The SMILES string of the molecule is O=C(O)c1ccc(/C=C/c2ccc3c(c2)C2CCC3C2)cc1. The van der Waals surface area contributed by atoms with Crippen molar-refractivity contribution in [3.8, 4) is 0 Å². The molecule has 4 rings (SSSR count). The lowest BCUT2D eigenvalue weighted by Crippen LogP contribution is -1.97. The summed E-state index contributed by atoms with van der Waals surface area (Å²) in [6, 6.07) is 13.8. The minimum Gasteiger partial charge on any atom is -0.478 e. The Hall–Kier alpha value is -2.35. The molecule has 110 valence electrons. The van der Waals surface area contributed by atoms with Crippen LogP contribution in [0.4, 0.5) is 0 Å². The van der Waals surface area contributed by atoms with E-state index in [1.165, 1.54) is 24.8 Å². The highest BCUT2D eigenvalue weighted by atomic mass is 16.4. The monoisotopic (exact) mass is 290 g/mol. The van der Waals surface area contributed by atoms with Gasteiger partial charge in [-0.2, -0.15) is 0 Å². The van der Waals surface area contributed by atoms with E-state index in [1.54, 1.807) is 23.3 Å². The first kappa shape index (κ1) is 13.3. The van der Waals surface area contributed by atoms with Gasteiger partial charge in [-0.1, -0.05) is 42.5 Å². The molecule has 2 aromatic carbocycles. The van der Waals surface area contributed by atoms with Crippen LogP contribution in [-0.2, 0) is 0 Å². The second-order valence-electron chi connectivity index (χ2n) is 6.36. The molecule has 2 nitrogen and oxygen atoms in total. The van der Waals surface area contributed by atoms with Gasteiger partial charge in [-0.15, -0.1) is 0 Å². The molecule has 0 radical (unpaired) electrons. The zero-order valence-corrected chi connectivity index (χ0v) is 12.3. The summed E-state index contributed by atoms with van der Waals surface area (Å²) in [4.78, 5) is 10.8. The van der Waals surface area contributed by atoms with Crippen LogP contribution < -0.4 is 0 Å². The first-order valence-corrected chi connectivity index (χ1v) is 7.86. The largest absolute Gasteiger partial charge is 0.478 e. The molecule has 1 fully saturated rings. The number of carbonyl (C=O) groups is 1. The van der Waals surface area contributed by atoms with Crippen LogP contribution in [0.5, 0.6) is 0 Å². The third-order valence-electron chi connectivity index (χ3n) is 5.05. The van der Waals surface area contributed by atoms with E-state index in [0.717, 1.165) is 17.4 Å². The van der Waals surface area contributed by atoms with Gasteiger partial charge in [0.2, 0.25) is 0 Å². The van der Waals surface area contributed by atoms with E-state index in [0.29, 0.717) is 5.56 Å². The molecule has 0 aromatic heterocycles. The maximum atomic E-state index is 10.8. The number of aromatic carboxylic acids is 1. The van der Waals surface area contributed by atoms with Gasteiger partial charge in [0.15, 0.2) is 0 Å². The summed E-state index contributed by atoms with van der Waals surface area (Å²) in [6.45, 7) is 0. The van der Waals surface area contributed by atoms with Gasteiger partial charge in [-0.3, -0.25) is 0 Å². The average molecular weight is 290 g/mol. The van der Waals surface area contributed by atoms with Gasteiger partial charge in [0.25, 0.3) is 0 Å². The van der Waals surface area contributed by atoms with Crippen molar-refractivity contribution >= 4 is 18.1 Å². The first-order chi connectivity index (χ1) is 10.7. The van der Waals surface area contributed by atoms with E-state index < -0.39 is 5.97 Å². The molecule has 0 amide bonds. The van der Waals surface area contributed by atoms with Gasteiger partial charge in [-0.25, -0.2) is 4.79 Å². The Morgan fingerprint density at radius 1 is 0.909 bits per heavy atom. The Kier molecular flexibility index (Phi) is 3.11. The molecule has 1 saturated carbocycles. The molecule has 2 heteroatoms. The zero-order valence-electron chi connectivity index (χ0n) is 12.3. The molecule has 2 aliphatic carbocycles. The van der Waals surface area contributed by atoms with Crippen molar-refractivity contribution in [3.05, 3.63) is 70.3 Å². The minimum atomic E-state index is -0.885. The van der Waals surface area contributed by atoms with Gasteiger partial charge in [0, 0.05) is 0 Å². The number of carboxylic acids is 1. The summed E-state index contributed by atoms with van der Waals surface area (Å²) in [5.41, 5.74) is 5.70. The standard InChI is InChI=1S/C20H18O2/c21-20(22)15-6-3-13(4-7-15)1-2-14-5-10-18-16-8-9-17(12-16)19(18)11-14/h1-7,10-11,16-17H,8-9,12H2,(H,21,22)/b2-1+. The molecular formula is C20H18O2. The van der Waals surface area contributed by atoms with Gasteiger partial charge < -0.3 is 5.11 Å². The zero-order chi connectivity index (χ0) is 15.1. The highest BCUT2D eigenvalue weighted by molar-refractivity contribution is 5.88. The van der Waals surface area contributed by atoms with Crippen molar-refractivity contribution in [1.29, 1.82) is 0 Å². The fourth-order valence-corrected chi connectivity index (χ4v) is 3.90. The number of hydrogen-bond donors (Lipinski definition) is 1. The topological polar surface area (TPSA) is 37.3 Å². The molecule has 2 aromatic rings. The second kappa shape index (κ2) is 5.13. The van der Waals surface area contributed by atoms with Crippen molar-refractivity contribution in [3.63, 3.8) is 0 Å². The van der Waals surface area contributed by atoms with Crippen molar-refractivity contribution < 1.29 is 9.90 Å². The van der Waals surface area contributed by atoms with E-state index in [9.17, 15) is 4.79 Å². The van der Waals surface area contributed by atoms with E-state index in [1.807, 2.05) is 18.2 Å². The van der Waals surface area contributed by atoms with E-state index in [2.05, 4.69) is 24.3 Å². The molecule has 2 aliphatic rings. The predicted molar refractivity (Wildman–Crippen MR) is 88.1 cm³/mol. The summed E-state index contributed by atoms with van der Waals surface area (Å²) < 4.78 is 0. The van der Waals surface area contributed by atoms with Gasteiger partial charge in [0.1, 0.15) is 0 Å². The van der Waals surface area contributed by atoms with Crippen molar-refractivity contribution in [2.24, 2.45) is 0 Å². The Labute approximate surface area is 130 Å². The molecule has 2 atom stereocenters. The van der Waals surface area contributed by atoms with Crippen LogP contribution in [0.25, 0.3) is 12.2 Å². The molecule has 22 heavy (non-hydrogen) atoms. The Balaban J connectivity index is 1.56. The lowest BCUT2D eigenvalue weighted by Gasteiger charge is -2.15. The number of benzene rings is 2. The summed E-state index contributed by atoms with van der Waals surface area (Å²) in [7, 11) is 0. The third-order valence-corrected chi connectivity index (χ3v) is 5.05. The quantitative estimate of drug-likeness (QED) is 0.815. The number of carboxylic acid groups (broad SMARTS) is 1.